The van der Waals surface area contributed by atoms with Crippen LogP contribution >= 0.6 is 11.8 Å². The van der Waals surface area contributed by atoms with Gasteiger partial charge in [-0.1, -0.05) is 43.9 Å². The van der Waals surface area contributed by atoms with Gasteiger partial charge in [0.05, 0.1) is 0 Å². The third-order valence-electron chi connectivity index (χ3n) is 5.88. The molecule has 0 aromatic heterocycles. The van der Waals surface area contributed by atoms with E-state index in [2.05, 4.69) is 5.32 Å². The summed E-state index contributed by atoms with van der Waals surface area (Å²) in [6.07, 6.45) is 5.15. The molecule has 4 amide bonds. The summed E-state index contributed by atoms with van der Waals surface area (Å²) in [5, 5.41) is 2.43. The minimum Gasteiger partial charge on any atom is -0.324 e. The Hall–Kier alpha value is -2.09. The Morgan fingerprint density at radius 2 is 1.89 bits per heavy atom. The minimum atomic E-state index is -0.849. The predicted octanol–water partition coefficient (Wildman–Crippen LogP) is 3.04. The van der Waals surface area contributed by atoms with Crippen LogP contribution in [0, 0.1) is 5.82 Å². The average molecular weight is 405 g/mol. The Morgan fingerprint density at radius 3 is 2.61 bits per heavy atom. The molecule has 1 N–H and O–H groups in total. The van der Waals surface area contributed by atoms with Crippen LogP contribution in [0.4, 0.5) is 9.18 Å². The van der Waals surface area contributed by atoms with Crippen molar-refractivity contribution >= 4 is 29.6 Å². The molecule has 2 aliphatic heterocycles. The van der Waals surface area contributed by atoms with Gasteiger partial charge in [-0.05, 0) is 18.9 Å². The monoisotopic (exact) mass is 405 g/mol. The molecule has 0 unspecified atom stereocenters. The van der Waals surface area contributed by atoms with Gasteiger partial charge in [-0.25, -0.2) is 9.18 Å². The Kier molecular flexibility index (Phi) is 5.31. The highest BCUT2D eigenvalue weighted by Gasteiger charge is 2.51. The Balaban J connectivity index is 1.49. The smallest absolute Gasteiger partial charge is 0.324 e. The van der Waals surface area contributed by atoms with Crippen LogP contribution in [-0.4, -0.2) is 52.0 Å². The first-order valence-electron chi connectivity index (χ1n) is 9.81. The summed E-state index contributed by atoms with van der Waals surface area (Å²) >= 11 is 1.49. The van der Waals surface area contributed by atoms with Crippen molar-refractivity contribution in [2.45, 2.75) is 49.4 Å². The van der Waals surface area contributed by atoms with Crippen molar-refractivity contribution in [3.05, 3.63) is 35.6 Å². The van der Waals surface area contributed by atoms with E-state index in [1.54, 1.807) is 23.1 Å². The van der Waals surface area contributed by atoms with E-state index in [0.717, 1.165) is 30.6 Å². The molecule has 150 valence electrons. The Morgan fingerprint density at radius 1 is 1.18 bits per heavy atom. The van der Waals surface area contributed by atoms with Crippen molar-refractivity contribution in [1.29, 1.82) is 0 Å². The van der Waals surface area contributed by atoms with E-state index >= 15 is 0 Å². The fourth-order valence-corrected chi connectivity index (χ4v) is 5.67. The fraction of sp³-hybridized carbons (Fsp3) is 0.550. The van der Waals surface area contributed by atoms with Gasteiger partial charge in [0.25, 0.3) is 5.91 Å². The highest BCUT2D eigenvalue weighted by atomic mass is 32.2. The summed E-state index contributed by atoms with van der Waals surface area (Å²) in [7, 11) is 0. The van der Waals surface area contributed by atoms with Gasteiger partial charge in [0.15, 0.2) is 0 Å². The lowest BCUT2D eigenvalue weighted by Gasteiger charge is -2.27. The maximum absolute atomic E-state index is 14.2. The second-order valence-corrected chi connectivity index (χ2v) is 8.84. The van der Waals surface area contributed by atoms with Crippen LogP contribution in [0.25, 0.3) is 0 Å². The quantitative estimate of drug-likeness (QED) is 0.785. The number of hydrogen-bond acceptors (Lipinski definition) is 4. The van der Waals surface area contributed by atoms with Gasteiger partial charge >= 0.3 is 6.03 Å². The second kappa shape index (κ2) is 7.73. The number of carbonyl (C=O) groups excluding carboxylic acids is 3. The zero-order chi connectivity index (χ0) is 19.7. The molecule has 6 nitrogen and oxygen atoms in total. The number of thioether (sulfide) groups is 1. The number of hydrogen-bond donors (Lipinski definition) is 1. The normalized spacial score (nSPS) is 24.5. The van der Waals surface area contributed by atoms with Crippen molar-refractivity contribution in [2.24, 2.45) is 0 Å². The van der Waals surface area contributed by atoms with E-state index in [1.165, 1.54) is 17.8 Å². The van der Waals surface area contributed by atoms with E-state index in [0.29, 0.717) is 30.7 Å². The van der Waals surface area contributed by atoms with Gasteiger partial charge in [-0.15, -0.1) is 11.8 Å². The molecule has 1 atom stereocenters. The fourth-order valence-electron chi connectivity index (χ4n) is 4.38. The zero-order valence-corrected chi connectivity index (χ0v) is 16.5. The summed E-state index contributed by atoms with van der Waals surface area (Å²) < 4.78 is 14.2. The molecule has 1 aliphatic carbocycles. The van der Waals surface area contributed by atoms with Crippen LogP contribution in [0.2, 0.25) is 0 Å². The summed E-state index contributed by atoms with van der Waals surface area (Å²) in [4.78, 5) is 41.1. The van der Waals surface area contributed by atoms with Crippen LogP contribution in [-0.2, 0) is 9.59 Å². The number of nitrogens with zero attached hydrogens (tertiary/aromatic N) is 2. The molecule has 1 aromatic rings. The lowest BCUT2D eigenvalue weighted by molar-refractivity contribution is -0.139. The van der Waals surface area contributed by atoms with Crippen molar-refractivity contribution in [3.8, 4) is 0 Å². The van der Waals surface area contributed by atoms with Gasteiger partial charge in [0.2, 0.25) is 5.91 Å². The van der Waals surface area contributed by atoms with Gasteiger partial charge in [-0.2, -0.15) is 0 Å². The van der Waals surface area contributed by atoms with Crippen LogP contribution in [0.3, 0.4) is 0 Å². The summed E-state index contributed by atoms with van der Waals surface area (Å²) in [6.45, 7) is 0.176. The molecule has 1 aromatic carbocycles. The van der Waals surface area contributed by atoms with Gasteiger partial charge in [-0.3, -0.25) is 14.5 Å². The maximum Gasteiger partial charge on any atom is 0.325 e. The third kappa shape index (κ3) is 3.38. The highest BCUT2D eigenvalue weighted by Crippen LogP contribution is 2.39. The molecule has 28 heavy (non-hydrogen) atoms. The molecular formula is C20H24FN3O3S. The zero-order valence-electron chi connectivity index (χ0n) is 15.7. The number of urea groups is 1. The van der Waals surface area contributed by atoms with Crippen molar-refractivity contribution < 1.29 is 18.8 Å². The molecular weight excluding hydrogens is 381 g/mol. The number of imide groups is 1. The molecule has 1 spiro atoms. The SMILES string of the molecule is O=C1NC2(CCCCCC2)C(=O)N1CC(=O)N1CCS[C@@H]1c1ccccc1F. The number of amides is 4. The molecule has 2 heterocycles. The minimum absolute atomic E-state index is 0.290. The van der Waals surface area contributed by atoms with E-state index in [9.17, 15) is 18.8 Å². The van der Waals surface area contributed by atoms with Gasteiger partial charge < -0.3 is 10.2 Å². The molecule has 1 saturated carbocycles. The molecule has 0 bridgehead atoms. The Bertz CT molecular complexity index is 795. The standard InChI is InChI=1S/C20H24FN3O3S/c21-15-8-4-3-7-14(15)17-23(11-12-28-17)16(25)13-24-18(26)20(22-19(24)27)9-5-1-2-6-10-20/h3-4,7-8,17H,1-2,5-6,9-13H2,(H,22,27)/t17-/m1/s1. The van der Waals surface area contributed by atoms with E-state index in [-0.39, 0.29) is 24.2 Å². The molecule has 8 heteroatoms. The first-order chi connectivity index (χ1) is 13.5. The van der Waals surface area contributed by atoms with Crippen LogP contribution in [0.5, 0.6) is 0 Å². The highest BCUT2D eigenvalue weighted by molar-refractivity contribution is 7.99. The van der Waals surface area contributed by atoms with Crippen LogP contribution < -0.4 is 5.32 Å². The molecule has 4 rings (SSSR count). The number of carbonyl (C=O) groups is 3. The van der Waals surface area contributed by atoms with E-state index < -0.39 is 16.9 Å². The van der Waals surface area contributed by atoms with Crippen molar-refractivity contribution in [2.75, 3.05) is 18.8 Å². The predicted molar refractivity (Wildman–Crippen MR) is 104 cm³/mol. The number of halogens is 1. The number of rotatable bonds is 3. The molecule has 3 aliphatic rings. The largest absolute Gasteiger partial charge is 0.325 e. The summed E-state index contributed by atoms with van der Waals surface area (Å²) in [6, 6.07) is 5.92. The van der Waals surface area contributed by atoms with Gasteiger partial charge in [0, 0.05) is 17.9 Å². The topological polar surface area (TPSA) is 69.7 Å². The molecule has 0 radical (unpaired) electrons. The van der Waals surface area contributed by atoms with Crippen LogP contribution in [0.1, 0.15) is 49.5 Å². The van der Waals surface area contributed by atoms with Crippen molar-refractivity contribution in [3.63, 3.8) is 0 Å². The molecule has 3 fully saturated rings. The average Bonchev–Trinajstić information content (AvgIpc) is 3.15. The number of benzene rings is 1. The number of nitrogens with one attached hydrogen (secondary N) is 1. The lowest BCUT2D eigenvalue weighted by Crippen LogP contribution is -2.47. The first-order valence-corrected chi connectivity index (χ1v) is 10.9. The third-order valence-corrected chi connectivity index (χ3v) is 7.12. The summed E-state index contributed by atoms with van der Waals surface area (Å²) in [5.41, 5.74) is -0.394. The maximum atomic E-state index is 14.2. The molecule has 2 saturated heterocycles. The van der Waals surface area contributed by atoms with E-state index in [4.69, 9.17) is 0 Å². The Labute approximate surface area is 167 Å². The van der Waals surface area contributed by atoms with Crippen LogP contribution in [0.15, 0.2) is 24.3 Å². The lowest BCUT2D eigenvalue weighted by atomic mass is 9.90. The summed E-state index contributed by atoms with van der Waals surface area (Å²) in [5.74, 6) is -0.281. The van der Waals surface area contributed by atoms with Gasteiger partial charge in [0.1, 0.15) is 23.3 Å². The first kappa shape index (κ1) is 19.2. The second-order valence-electron chi connectivity index (χ2n) is 7.65. The van der Waals surface area contributed by atoms with Crippen molar-refractivity contribution in [1.82, 2.24) is 15.1 Å². The van der Waals surface area contributed by atoms with E-state index in [1.807, 2.05) is 0 Å².